The summed E-state index contributed by atoms with van der Waals surface area (Å²) < 4.78 is 7.38. The zero-order chi connectivity index (χ0) is 21.1. The van der Waals surface area contributed by atoms with Gasteiger partial charge in [-0.1, -0.05) is 58.0 Å². The third kappa shape index (κ3) is 4.22. The number of thiophene rings is 1. The van der Waals surface area contributed by atoms with Gasteiger partial charge in [-0.15, -0.1) is 11.3 Å². The third-order valence-electron chi connectivity index (χ3n) is 6.64. The Bertz CT molecular complexity index is 915. The van der Waals surface area contributed by atoms with Crippen LogP contribution in [0.4, 0.5) is 0 Å². The first kappa shape index (κ1) is 21.9. The zero-order valence-electron chi connectivity index (χ0n) is 18.4. The van der Waals surface area contributed by atoms with E-state index in [1.165, 1.54) is 20.5 Å². The maximum atomic E-state index is 10.5. The van der Waals surface area contributed by atoms with Crippen LogP contribution >= 0.6 is 11.3 Å². The van der Waals surface area contributed by atoms with Gasteiger partial charge in [0.1, 0.15) is 12.4 Å². The molecule has 3 aromatic rings. The highest BCUT2D eigenvalue weighted by atomic mass is 32.1. The van der Waals surface area contributed by atoms with Gasteiger partial charge >= 0.3 is 0 Å². The number of ether oxygens (including phenoxy) is 1. The van der Waals surface area contributed by atoms with Crippen molar-refractivity contribution in [1.29, 1.82) is 0 Å². The van der Waals surface area contributed by atoms with Gasteiger partial charge in [0.25, 0.3) is 0 Å². The number of hydrogen-bond acceptors (Lipinski definition) is 3. The van der Waals surface area contributed by atoms with E-state index in [9.17, 15) is 5.11 Å². The molecule has 0 saturated carbocycles. The molecule has 0 unspecified atom stereocenters. The Morgan fingerprint density at radius 2 is 1.59 bits per heavy atom. The van der Waals surface area contributed by atoms with Crippen molar-refractivity contribution in [1.82, 2.24) is 0 Å². The van der Waals surface area contributed by atoms with Gasteiger partial charge in [-0.2, -0.15) is 0 Å². The molecule has 0 aliphatic rings. The highest BCUT2D eigenvalue weighted by Gasteiger charge is 2.33. The van der Waals surface area contributed by atoms with E-state index < -0.39 is 5.60 Å². The lowest BCUT2D eigenvalue weighted by Gasteiger charge is -2.32. The molecule has 3 rings (SSSR count). The Hall–Kier alpha value is -1.84. The van der Waals surface area contributed by atoms with E-state index in [0.717, 1.165) is 24.2 Å². The molecule has 0 aliphatic heterocycles. The van der Waals surface area contributed by atoms with Crippen LogP contribution in [0.2, 0.25) is 0 Å². The molecule has 0 spiro atoms. The maximum absolute atomic E-state index is 10.5. The van der Waals surface area contributed by atoms with E-state index in [1.54, 1.807) is 0 Å². The van der Waals surface area contributed by atoms with Crippen LogP contribution in [0.3, 0.4) is 0 Å². The Morgan fingerprint density at radius 3 is 2.17 bits per heavy atom. The molecule has 0 aliphatic carbocycles. The summed E-state index contributed by atoms with van der Waals surface area (Å²) >= 11 is 1.91. The van der Waals surface area contributed by atoms with Crippen molar-refractivity contribution in [2.75, 3.05) is 6.61 Å². The predicted molar refractivity (Wildman–Crippen MR) is 125 cm³/mol. The summed E-state index contributed by atoms with van der Waals surface area (Å²) in [7, 11) is 0. The highest BCUT2D eigenvalue weighted by Crippen LogP contribution is 2.45. The minimum Gasteiger partial charge on any atom is -0.490 e. The molecule has 0 saturated heterocycles. The van der Waals surface area contributed by atoms with Crippen LogP contribution in [0.5, 0.6) is 5.75 Å². The molecule has 1 N–H and O–H groups in total. The quantitative estimate of drug-likeness (QED) is 0.403. The first-order chi connectivity index (χ1) is 13.9. The second kappa shape index (κ2) is 8.89. The molecule has 29 heavy (non-hydrogen) atoms. The summed E-state index contributed by atoms with van der Waals surface area (Å²) in [5.41, 5.74) is 1.74. The van der Waals surface area contributed by atoms with Crippen molar-refractivity contribution >= 4 is 21.4 Å². The standard InChI is InChI=1S/C26H34O2S/c1-6-25(27,7-2)18-28-22-15-14-21(16-19(22)5)26(8-3,9-4)24-17-20-12-10-11-13-23(20)29-24/h10-17,27H,6-9,18H2,1-5H3. The lowest BCUT2D eigenvalue weighted by atomic mass is 9.74. The molecular formula is C26H34O2S. The zero-order valence-corrected chi connectivity index (χ0v) is 19.2. The molecule has 1 heterocycles. The number of aliphatic hydroxyl groups is 1. The van der Waals surface area contributed by atoms with Crippen molar-refractivity contribution in [3.05, 3.63) is 64.5 Å². The van der Waals surface area contributed by atoms with Crippen LogP contribution in [0.25, 0.3) is 10.1 Å². The summed E-state index contributed by atoms with van der Waals surface area (Å²) in [6.45, 7) is 11.0. The van der Waals surface area contributed by atoms with Crippen LogP contribution in [0.15, 0.2) is 48.5 Å². The van der Waals surface area contributed by atoms with E-state index in [2.05, 4.69) is 69.3 Å². The van der Waals surface area contributed by atoms with E-state index in [-0.39, 0.29) is 5.41 Å². The second-order valence-corrected chi connectivity index (χ2v) is 9.22. The van der Waals surface area contributed by atoms with E-state index in [0.29, 0.717) is 19.4 Å². The van der Waals surface area contributed by atoms with Gasteiger partial charge in [-0.3, -0.25) is 0 Å². The lowest BCUT2D eigenvalue weighted by molar-refractivity contribution is -0.0115. The molecular weight excluding hydrogens is 376 g/mol. The topological polar surface area (TPSA) is 29.5 Å². The number of fused-ring (bicyclic) bond motifs is 1. The van der Waals surface area contributed by atoms with Crippen LogP contribution < -0.4 is 4.74 Å². The molecule has 1 aromatic heterocycles. The van der Waals surface area contributed by atoms with Gasteiger partial charge in [0.05, 0.1) is 5.60 Å². The van der Waals surface area contributed by atoms with Gasteiger partial charge < -0.3 is 9.84 Å². The monoisotopic (exact) mass is 410 g/mol. The van der Waals surface area contributed by atoms with Crippen LogP contribution in [-0.4, -0.2) is 17.3 Å². The summed E-state index contributed by atoms with van der Waals surface area (Å²) in [5.74, 6) is 0.867. The Morgan fingerprint density at radius 1 is 0.897 bits per heavy atom. The Balaban J connectivity index is 1.95. The average Bonchev–Trinajstić information content (AvgIpc) is 3.19. The summed E-state index contributed by atoms with van der Waals surface area (Å²) in [6.07, 6.45) is 3.51. The van der Waals surface area contributed by atoms with E-state index >= 15 is 0 Å². The fraction of sp³-hybridized carbons (Fsp3) is 0.462. The minimum absolute atomic E-state index is 0.0144. The Labute approximate surface area is 179 Å². The SMILES string of the molecule is CCC(O)(CC)COc1ccc(C(CC)(CC)c2cc3ccccc3s2)cc1C. The lowest BCUT2D eigenvalue weighted by Crippen LogP contribution is -2.34. The maximum Gasteiger partial charge on any atom is 0.122 e. The van der Waals surface area contributed by atoms with Crippen molar-refractivity contribution in [3.8, 4) is 5.75 Å². The van der Waals surface area contributed by atoms with Crippen molar-refractivity contribution in [3.63, 3.8) is 0 Å². The van der Waals surface area contributed by atoms with Crippen molar-refractivity contribution in [2.45, 2.75) is 71.3 Å². The fourth-order valence-corrected chi connectivity index (χ4v) is 5.56. The molecule has 156 valence electrons. The first-order valence-corrected chi connectivity index (χ1v) is 11.7. The molecule has 0 fully saturated rings. The molecule has 0 radical (unpaired) electrons. The minimum atomic E-state index is -0.751. The number of rotatable bonds is 9. The number of hydrogen-bond donors (Lipinski definition) is 1. The fourth-order valence-electron chi connectivity index (χ4n) is 4.14. The van der Waals surface area contributed by atoms with Gasteiger partial charge in [0, 0.05) is 15.0 Å². The molecule has 2 aromatic carbocycles. The Kier molecular flexibility index (Phi) is 6.70. The van der Waals surface area contributed by atoms with Crippen LogP contribution in [-0.2, 0) is 5.41 Å². The highest BCUT2D eigenvalue weighted by molar-refractivity contribution is 7.19. The van der Waals surface area contributed by atoms with Gasteiger partial charge in [0.15, 0.2) is 0 Å². The van der Waals surface area contributed by atoms with Gasteiger partial charge in [-0.25, -0.2) is 0 Å². The van der Waals surface area contributed by atoms with Crippen LogP contribution in [0, 0.1) is 6.92 Å². The van der Waals surface area contributed by atoms with E-state index in [1.807, 2.05) is 25.2 Å². The molecule has 3 heteroatoms. The summed E-state index contributed by atoms with van der Waals surface area (Å²) in [6, 6.07) is 17.6. The van der Waals surface area contributed by atoms with Crippen molar-refractivity contribution in [2.24, 2.45) is 0 Å². The number of benzene rings is 2. The van der Waals surface area contributed by atoms with Gasteiger partial charge in [0.2, 0.25) is 0 Å². The summed E-state index contributed by atoms with van der Waals surface area (Å²) in [4.78, 5) is 1.43. The first-order valence-electron chi connectivity index (χ1n) is 10.9. The largest absolute Gasteiger partial charge is 0.490 e. The smallest absolute Gasteiger partial charge is 0.122 e. The van der Waals surface area contributed by atoms with E-state index in [4.69, 9.17) is 4.74 Å². The van der Waals surface area contributed by atoms with Crippen LogP contribution in [0.1, 0.15) is 69.4 Å². The molecule has 0 bridgehead atoms. The third-order valence-corrected chi connectivity index (χ3v) is 7.96. The molecule has 0 amide bonds. The summed E-state index contributed by atoms with van der Waals surface area (Å²) in [5, 5.41) is 11.9. The predicted octanol–water partition coefficient (Wildman–Crippen LogP) is 7.25. The molecule has 0 atom stereocenters. The van der Waals surface area contributed by atoms with Gasteiger partial charge in [-0.05, 0) is 67.3 Å². The molecule has 2 nitrogen and oxygen atoms in total. The number of aryl methyl sites for hydroxylation is 1. The van der Waals surface area contributed by atoms with Crippen molar-refractivity contribution < 1.29 is 9.84 Å². The second-order valence-electron chi connectivity index (χ2n) is 8.14. The average molecular weight is 411 g/mol. The normalized spacial score (nSPS) is 12.5.